The van der Waals surface area contributed by atoms with Gasteiger partial charge in [-0.2, -0.15) is 5.26 Å². The van der Waals surface area contributed by atoms with E-state index in [-0.39, 0.29) is 6.09 Å². The molecule has 1 amide bonds. The lowest BCUT2D eigenvalue weighted by molar-refractivity contribution is 0.0170. The second kappa shape index (κ2) is 6.05. The van der Waals surface area contributed by atoms with Crippen molar-refractivity contribution in [1.82, 2.24) is 4.90 Å². The Morgan fingerprint density at radius 1 is 1.50 bits per heavy atom. The van der Waals surface area contributed by atoms with Crippen LogP contribution >= 0.6 is 0 Å². The van der Waals surface area contributed by atoms with E-state index >= 15 is 0 Å². The third-order valence-corrected chi connectivity index (χ3v) is 2.97. The van der Waals surface area contributed by atoms with Crippen LogP contribution in [0.4, 0.5) is 4.79 Å². The molecule has 0 saturated carbocycles. The van der Waals surface area contributed by atoms with Crippen LogP contribution in [0.1, 0.15) is 40.0 Å². The van der Waals surface area contributed by atoms with Crippen LogP contribution in [-0.2, 0) is 4.74 Å². The van der Waals surface area contributed by atoms with Crippen molar-refractivity contribution in [2.75, 3.05) is 13.1 Å². The number of piperidine rings is 1. The second-order valence-electron chi connectivity index (χ2n) is 5.79. The minimum atomic E-state index is -0.886. The summed E-state index contributed by atoms with van der Waals surface area (Å²) in [6.45, 7) is 6.82. The summed E-state index contributed by atoms with van der Waals surface area (Å²) in [4.78, 5) is 13.5. The Kier molecular flexibility index (Phi) is 4.97. The molecule has 5 heteroatoms. The van der Waals surface area contributed by atoms with Crippen LogP contribution in [0.5, 0.6) is 0 Å². The minimum absolute atomic E-state index is 0.276. The lowest BCUT2D eigenvalue weighted by Gasteiger charge is -2.33. The van der Waals surface area contributed by atoms with Gasteiger partial charge in [0.15, 0.2) is 0 Å². The molecule has 1 rings (SSSR count). The Hall–Kier alpha value is -1.28. The SMILES string of the molecule is CC(C)(C)OC(=O)N1CCC(C[C@H](O)C#N)CC1. The zero-order chi connectivity index (χ0) is 13.8. The number of carbonyl (C=O) groups is 1. The number of rotatable bonds is 2. The van der Waals surface area contributed by atoms with Gasteiger partial charge in [-0.15, -0.1) is 0 Å². The number of nitrogens with zero attached hydrogens (tertiary/aromatic N) is 2. The van der Waals surface area contributed by atoms with E-state index in [4.69, 9.17) is 10.00 Å². The summed E-state index contributed by atoms with van der Waals surface area (Å²) in [6.07, 6.45) is 0.971. The van der Waals surface area contributed by atoms with E-state index in [1.54, 1.807) is 4.90 Å². The lowest BCUT2D eigenvalue weighted by Crippen LogP contribution is -2.42. The topological polar surface area (TPSA) is 73.6 Å². The minimum Gasteiger partial charge on any atom is -0.444 e. The molecule has 1 aliphatic rings. The maximum atomic E-state index is 11.8. The van der Waals surface area contributed by atoms with Crippen LogP contribution in [0, 0.1) is 17.2 Å². The van der Waals surface area contributed by atoms with Gasteiger partial charge < -0.3 is 14.7 Å². The van der Waals surface area contributed by atoms with Gasteiger partial charge in [0.2, 0.25) is 0 Å². The average molecular weight is 254 g/mol. The number of aliphatic hydroxyl groups is 1. The number of likely N-dealkylation sites (tertiary alicyclic amines) is 1. The van der Waals surface area contributed by atoms with Gasteiger partial charge in [0.25, 0.3) is 0 Å². The van der Waals surface area contributed by atoms with Gasteiger partial charge in [-0.1, -0.05) is 0 Å². The molecule has 0 radical (unpaired) electrons. The molecule has 1 aliphatic heterocycles. The highest BCUT2D eigenvalue weighted by molar-refractivity contribution is 5.68. The van der Waals surface area contributed by atoms with Crippen LogP contribution in [0.2, 0.25) is 0 Å². The van der Waals surface area contributed by atoms with Crippen LogP contribution in [0.25, 0.3) is 0 Å². The van der Waals surface area contributed by atoms with Crippen molar-refractivity contribution in [1.29, 1.82) is 5.26 Å². The fourth-order valence-electron chi connectivity index (χ4n) is 2.05. The quantitative estimate of drug-likeness (QED) is 0.764. The van der Waals surface area contributed by atoms with Crippen LogP contribution in [0.15, 0.2) is 0 Å². The first-order chi connectivity index (χ1) is 8.31. The molecule has 0 aromatic carbocycles. The lowest BCUT2D eigenvalue weighted by atomic mass is 9.91. The first-order valence-corrected chi connectivity index (χ1v) is 6.37. The summed E-state index contributed by atoms with van der Waals surface area (Å²) in [5, 5.41) is 17.8. The van der Waals surface area contributed by atoms with Gasteiger partial charge in [0.05, 0.1) is 6.07 Å². The van der Waals surface area contributed by atoms with Crippen molar-refractivity contribution >= 4 is 6.09 Å². The molecule has 0 unspecified atom stereocenters. The van der Waals surface area contributed by atoms with E-state index < -0.39 is 11.7 Å². The fourth-order valence-corrected chi connectivity index (χ4v) is 2.05. The van der Waals surface area contributed by atoms with Gasteiger partial charge >= 0.3 is 6.09 Å². The smallest absolute Gasteiger partial charge is 0.410 e. The Morgan fingerprint density at radius 2 is 2.06 bits per heavy atom. The zero-order valence-corrected chi connectivity index (χ0v) is 11.3. The average Bonchev–Trinajstić information content (AvgIpc) is 2.27. The molecule has 102 valence electrons. The summed E-state index contributed by atoms with van der Waals surface area (Å²) < 4.78 is 5.30. The van der Waals surface area contributed by atoms with Crippen molar-refractivity contribution in [3.8, 4) is 6.07 Å². The molecule has 0 aromatic rings. The standard InChI is InChI=1S/C13H22N2O3/c1-13(2,3)18-12(17)15-6-4-10(5-7-15)8-11(16)9-14/h10-11,16H,4-8H2,1-3H3/t11-/m0/s1. The molecule has 0 bridgehead atoms. The highest BCUT2D eigenvalue weighted by atomic mass is 16.6. The highest BCUT2D eigenvalue weighted by Gasteiger charge is 2.27. The predicted octanol–water partition coefficient (Wildman–Crippen LogP) is 1.91. The Bertz CT molecular complexity index is 322. The number of aliphatic hydroxyl groups excluding tert-OH is 1. The molecule has 1 N–H and O–H groups in total. The summed E-state index contributed by atoms with van der Waals surface area (Å²) >= 11 is 0. The van der Waals surface area contributed by atoms with Gasteiger partial charge in [-0.3, -0.25) is 0 Å². The molecular weight excluding hydrogens is 232 g/mol. The summed E-state index contributed by atoms with van der Waals surface area (Å²) in [5.74, 6) is 0.318. The van der Waals surface area contributed by atoms with E-state index in [0.29, 0.717) is 25.4 Å². The maximum absolute atomic E-state index is 11.8. The van der Waals surface area contributed by atoms with Crippen molar-refractivity contribution in [3.05, 3.63) is 0 Å². The van der Waals surface area contributed by atoms with Crippen molar-refractivity contribution in [2.24, 2.45) is 5.92 Å². The number of hydrogen-bond acceptors (Lipinski definition) is 4. The molecule has 5 nitrogen and oxygen atoms in total. The molecule has 1 heterocycles. The largest absolute Gasteiger partial charge is 0.444 e. The summed E-state index contributed by atoms with van der Waals surface area (Å²) in [7, 11) is 0. The summed E-state index contributed by atoms with van der Waals surface area (Å²) in [6, 6.07) is 1.83. The van der Waals surface area contributed by atoms with Crippen LogP contribution < -0.4 is 0 Å². The monoisotopic (exact) mass is 254 g/mol. The van der Waals surface area contributed by atoms with E-state index in [1.807, 2.05) is 26.8 Å². The number of hydrogen-bond donors (Lipinski definition) is 1. The maximum Gasteiger partial charge on any atom is 0.410 e. The first-order valence-electron chi connectivity index (χ1n) is 6.37. The Balaban J connectivity index is 2.35. The molecule has 1 fully saturated rings. The predicted molar refractivity (Wildman–Crippen MR) is 66.8 cm³/mol. The van der Waals surface area contributed by atoms with Crippen LogP contribution in [-0.4, -0.2) is 40.9 Å². The van der Waals surface area contributed by atoms with E-state index in [9.17, 15) is 9.90 Å². The van der Waals surface area contributed by atoms with Crippen molar-refractivity contribution in [3.63, 3.8) is 0 Å². The van der Waals surface area contributed by atoms with E-state index in [1.165, 1.54) is 0 Å². The molecule has 0 aromatic heterocycles. The van der Waals surface area contributed by atoms with Crippen molar-refractivity contribution in [2.45, 2.75) is 51.7 Å². The molecule has 1 atom stereocenters. The van der Waals surface area contributed by atoms with Crippen LogP contribution in [0.3, 0.4) is 0 Å². The second-order valence-corrected chi connectivity index (χ2v) is 5.79. The van der Waals surface area contributed by atoms with Gasteiger partial charge in [-0.05, 0) is 46.0 Å². The van der Waals surface area contributed by atoms with E-state index in [0.717, 1.165) is 12.8 Å². The van der Waals surface area contributed by atoms with Gasteiger partial charge in [-0.25, -0.2) is 4.79 Å². The Morgan fingerprint density at radius 3 is 2.50 bits per heavy atom. The molecule has 0 spiro atoms. The molecule has 1 saturated heterocycles. The highest BCUT2D eigenvalue weighted by Crippen LogP contribution is 2.23. The number of amides is 1. The normalized spacial score (nSPS) is 19.2. The first kappa shape index (κ1) is 14.8. The van der Waals surface area contributed by atoms with Gasteiger partial charge in [0.1, 0.15) is 11.7 Å². The Labute approximate surface area is 108 Å². The number of ether oxygens (including phenoxy) is 1. The molecular formula is C13H22N2O3. The fraction of sp³-hybridized carbons (Fsp3) is 0.846. The zero-order valence-electron chi connectivity index (χ0n) is 11.3. The van der Waals surface area contributed by atoms with E-state index in [2.05, 4.69) is 0 Å². The van der Waals surface area contributed by atoms with Gasteiger partial charge in [0, 0.05) is 13.1 Å². The molecule has 0 aliphatic carbocycles. The summed E-state index contributed by atoms with van der Waals surface area (Å²) in [5.41, 5.74) is -0.467. The third kappa shape index (κ3) is 4.92. The molecule has 18 heavy (non-hydrogen) atoms. The number of carbonyl (C=O) groups excluding carboxylic acids is 1. The third-order valence-electron chi connectivity index (χ3n) is 2.97. The number of nitriles is 1. The van der Waals surface area contributed by atoms with Crippen molar-refractivity contribution < 1.29 is 14.6 Å².